The van der Waals surface area contributed by atoms with Gasteiger partial charge in [0, 0.05) is 0 Å². The van der Waals surface area contributed by atoms with Gasteiger partial charge in [0.2, 0.25) is 11.0 Å². The Balaban J connectivity index is 1.85. The van der Waals surface area contributed by atoms with Crippen LogP contribution in [0.15, 0.2) is 18.2 Å². The number of aryl methyl sites for hydroxylation is 1. The minimum absolute atomic E-state index is 0.0455. The molecule has 0 aliphatic heterocycles. The number of benzene rings is 1. The normalized spacial score (nSPS) is 15.2. The van der Waals surface area contributed by atoms with Crippen molar-refractivity contribution < 1.29 is 14.3 Å². The molecule has 0 bridgehead atoms. The van der Waals surface area contributed by atoms with E-state index in [-0.39, 0.29) is 5.91 Å². The van der Waals surface area contributed by atoms with Crippen molar-refractivity contribution in [2.75, 3.05) is 19.5 Å². The minimum Gasteiger partial charge on any atom is -0.493 e. The number of hydrogen-bond donors (Lipinski definition) is 1. The second-order valence-corrected chi connectivity index (χ2v) is 6.41. The zero-order valence-electron chi connectivity index (χ0n) is 12.7. The number of hydrogen-bond acceptors (Lipinski definition) is 6. The van der Waals surface area contributed by atoms with Gasteiger partial charge in [-0.15, -0.1) is 10.2 Å². The number of ether oxygens (including phenoxy) is 2. The predicted molar refractivity (Wildman–Crippen MR) is 83.7 cm³/mol. The van der Waals surface area contributed by atoms with Gasteiger partial charge in [-0.1, -0.05) is 17.4 Å². The molecule has 1 aromatic carbocycles. The zero-order valence-corrected chi connectivity index (χ0v) is 13.5. The molecule has 1 fully saturated rings. The lowest BCUT2D eigenvalue weighted by atomic mass is 9.94. The maximum Gasteiger partial charge on any atom is 0.236 e. The molecule has 1 aromatic heterocycles. The summed E-state index contributed by atoms with van der Waals surface area (Å²) in [5.74, 6) is 1.24. The van der Waals surface area contributed by atoms with Gasteiger partial charge in [0.25, 0.3) is 0 Å². The fraction of sp³-hybridized carbons (Fsp3) is 0.400. The maximum atomic E-state index is 12.6. The number of carbonyl (C=O) groups is 1. The highest BCUT2D eigenvalue weighted by molar-refractivity contribution is 7.15. The topological polar surface area (TPSA) is 73.3 Å². The van der Waals surface area contributed by atoms with Crippen molar-refractivity contribution in [2.24, 2.45) is 0 Å². The molecule has 22 heavy (non-hydrogen) atoms. The lowest BCUT2D eigenvalue weighted by Gasteiger charge is -2.16. The molecule has 0 atom stereocenters. The first kappa shape index (κ1) is 14.8. The first-order valence-electron chi connectivity index (χ1n) is 6.93. The van der Waals surface area contributed by atoms with Gasteiger partial charge in [0.15, 0.2) is 11.5 Å². The summed E-state index contributed by atoms with van der Waals surface area (Å²) in [5, 5.41) is 12.1. The van der Waals surface area contributed by atoms with Crippen molar-refractivity contribution in [3.63, 3.8) is 0 Å². The maximum absolute atomic E-state index is 12.6. The molecular formula is C15H17N3O3S. The van der Waals surface area contributed by atoms with E-state index in [1.165, 1.54) is 11.3 Å². The van der Waals surface area contributed by atoms with E-state index < -0.39 is 5.41 Å². The van der Waals surface area contributed by atoms with Gasteiger partial charge >= 0.3 is 0 Å². The second kappa shape index (κ2) is 5.57. The molecule has 1 aliphatic carbocycles. The fourth-order valence-electron chi connectivity index (χ4n) is 2.47. The van der Waals surface area contributed by atoms with Crippen LogP contribution in [0.4, 0.5) is 5.13 Å². The molecule has 1 saturated carbocycles. The molecule has 7 heteroatoms. The molecule has 1 N–H and O–H groups in total. The van der Waals surface area contributed by atoms with Gasteiger partial charge in [0.1, 0.15) is 5.01 Å². The van der Waals surface area contributed by atoms with Gasteiger partial charge in [-0.3, -0.25) is 10.1 Å². The Morgan fingerprint density at radius 2 is 1.95 bits per heavy atom. The average Bonchev–Trinajstić information content (AvgIpc) is 3.25. The third-order valence-electron chi connectivity index (χ3n) is 3.87. The van der Waals surface area contributed by atoms with E-state index in [4.69, 9.17) is 9.47 Å². The summed E-state index contributed by atoms with van der Waals surface area (Å²) in [6.45, 7) is 1.86. The molecule has 0 unspecified atom stereocenters. The van der Waals surface area contributed by atoms with Gasteiger partial charge in [-0.05, 0) is 37.5 Å². The van der Waals surface area contributed by atoms with Gasteiger partial charge in [0.05, 0.1) is 19.6 Å². The van der Waals surface area contributed by atoms with E-state index in [0.717, 1.165) is 23.4 Å². The Labute approximate surface area is 132 Å². The number of aromatic nitrogens is 2. The van der Waals surface area contributed by atoms with Crippen molar-refractivity contribution in [3.05, 3.63) is 28.8 Å². The van der Waals surface area contributed by atoms with E-state index in [1.54, 1.807) is 14.2 Å². The van der Waals surface area contributed by atoms with Crippen molar-refractivity contribution >= 4 is 22.4 Å². The number of anilines is 1. The quantitative estimate of drug-likeness (QED) is 0.917. The van der Waals surface area contributed by atoms with Gasteiger partial charge < -0.3 is 9.47 Å². The van der Waals surface area contributed by atoms with E-state index in [9.17, 15) is 4.79 Å². The monoisotopic (exact) mass is 319 g/mol. The predicted octanol–water partition coefficient (Wildman–Crippen LogP) is 2.53. The van der Waals surface area contributed by atoms with Crippen molar-refractivity contribution in [1.29, 1.82) is 0 Å². The van der Waals surface area contributed by atoms with Crippen molar-refractivity contribution in [3.8, 4) is 11.5 Å². The van der Waals surface area contributed by atoms with E-state index in [1.807, 2.05) is 25.1 Å². The van der Waals surface area contributed by atoms with Crippen LogP contribution < -0.4 is 14.8 Å². The summed E-state index contributed by atoms with van der Waals surface area (Å²) < 4.78 is 10.6. The van der Waals surface area contributed by atoms with E-state index in [0.29, 0.717) is 16.6 Å². The summed E-state index contributed by atoms with van der Waals surface area (Å²) in [7, 11) is 3.18. The zero-order chi connectivity index (χ0) is 15.7. The number of methoxy groups -OCH3 is 2. The molecule has 1 amide bonds. The summed E-state index contributed by atoms with van der Waals surface area (Å²) in [6.07, 6.45) is 1.62. The Hall–Kier alpha value is -2.15. The summed E-state index contributed by atoms with van der Waals surface area (Å²) >= 11 is 1.37. The lowest BCUT2D eigenvalue weighted by molar-refractivity contribution is -0.118. The Bertz CT molecular complexity index is 710. The second-order valence-electron chi connectivity index (χ2n) is 5.23. The van der Waals surface area contributed by atoms with E-state index in [2.05, 4.69) is 15.5 Å². The Kier molecular flexibility index (Phi) is 3.74. The fourth-order valence-corrected chi connectivity index (χ4v) is 3.06. The molecule has 1 aliphatic rings. The van der Waals surface area contributed by atoms with Crippen molar-refractivity contribution in [1.82, 2.24) is 10.2 Å². The molecule has 3 rings (SSSR count). The Morgan fingerprint density at radius 3 is 2.50 bits per heavy atom. The standard InChI is InChI=1S/C15H17N3O3S/c1-9-17-18-14(22-9)16-13(19)15(6-7-15)10-4-5-11(20-2)12(8-10)21-3/h4-5,8H,6-7H2,1-3H3,(H,16,18,19). The van der Waals surface area contributed by atoms with Crippen molar-refractivity contribution in [2.45, 2.75) is 25.2 Å². The molecule has 0 spiro atoms. The van der Waals surface area contributed by atoms with Crippen LogP contribution in [-0.2, 0) is 10.2 Å². The smallest absolute Gasteiger partial charge is 0.236 e. The molecule has 116 valence electrons. The molecule has 2 aromatic rings. The highest BCUT2D eigenvalue weighted by atomic mass is 32.1. The van der Waals surface area contributed by atoms with Gasteiger partial charge in [-0.25, -0.2) is 0 Å². The van der Waals surface area contributed by atoms with Crippen LogP contribution in [0.25, 0.3) is 0 Å². The summed E-state index contributed by atoms with van der Waals surface area (Å²) in [6, 6.07) is 5.62. The third-order valence-corrected chi connectivity index (χ3v) is 4.62. The largest absolute Gasteiger partial charge is 0.493 e. The Morgan fingerprint density at radius 1 is 1.23 bits per heavy atom. The highest BCUT2D eigenvalue weighted by Gasteiger charge is 2.51. The van der Waals surface area contributed by atoms with Crippen LogP contribution in [0.3, 0.4) is 0 Å². The number of nitrogens with one attached hydrogen (secondary N) is 1. The minimum atomic E-state index is -0.501. The third kappa shape index (κ3) is 2.52. The van der Waals surface area contributed by atoms with Crippen LogP contribution in [0.1, 0.15) is 23.4 Å². The first-order valence-corrected chi connectivity index (χ1v) is 7.75. The van der Waals surface area contributed by atoms with Crippen LogP contribution in [0, 0.1) is 6.92 Å². The molecule has 0 radical (unpaired) electrons. The number of amides is 1. The summed E-state index contributed by atoms with van der Waals surface area (Å²) in [4.78, 5) is 12.6. The average molecular weight is 319 g/mol. The van der Waals surface area contributed by atoms with Crippen LogP contribution in [-0.4, -0.2) is 30.3 Å². The SMILES string of the molecule is COc1ccc(C2(C(=O)Nc3nnc(C)s3)CC2)cc1OC. The number of rotatable bonds is 5. The van der Waals surface area contributed by atoms with Gasteiger partial charge in [-0.2, -0.15) is 0 Å². The lowest BCUT2D eigenvalue weighted by Crippen LogP contribution is -2.27. The number of nitrogens with zero attached hydrogens (tertiary/aromatic N) is 2. The van der Waals surface area contributed by atoms with Crippen LogP contribution >= 0.6 is 11.3 Å². The first-order chi connectivity index (χ1) is 10.6. The molecule has 1 heterocycles. The van der Waals surface area contributed by atoms with E-state index >= 15 is 0 Å². The summed E-state index contributed by atoms with van der Waals surface area (Å²) in [5.41, 5.74) is 0.433. The highest BCUT2D eigenvalue weighted by Crippen LogP contribution is 2.50. The molecular weight excluding hydrogens is 302 g/mol. The number of carbonyl (C=O) groups excluding carboxylic acids is 1. The molecule has 6 nitrogen and oxygen atoms in total. The van der Waals surface area contributed by atoms with Crippen LogP contribution in [0.5, 0.6) is 11.5 Å². The van der Waals surface area contributed by atoms with Crippen LogP contribution in [0.2, 0.25) is 0 Å². The molecule has 0 saturated heterocycles.